The summed E-state index contributed by atoms with van der Waals surface area (Å²) in [7, 11) is 0. The fraction of sp³-hybridized carbons (Fsp3) is 0.381. The minimum atomic E-state index is -0.894. The predicted molar refractivity (Wildman–Crippen MR) is 99.9 cm³/mol. The van der Waals surface area contributed by atoms with Gasteiger partial charge in [0, 0.05) is 17.8 Å². The van der Waals surface area contributed by atoms with Crippen LogP contribution in [0.15, 0.2) is 42.5 Å². The van der Waals surface area contributed by atoms with Gasteiger partial charge in [0.1, 0.15) is 0 Å². The van der Waals surface area contributed by atoms with Gasteiger partial charge in [0.15, 0.2) is 0 Å². The van der Waals surface area contributed by atoms with E-state index in [-0.39, 0.29) is 16.7 Å². The molecule has 5 rings (SSSR count). The Hall–Kier alpha value is -2.89. The molecule has 1 heterocycles. The summed E-state index contributed by atoms with van der Waals surface area (Å²) in [6, 6.07) is 12.3. The number of fused-ring (bicyclic) bond motifs is 7. The van der Waals surface area contributed by atoms with Crippen molar-refractivity contribution in [2.24, 2.45) is 17.8 Å². The van der Waals surface area contributed by atoms with Gasteiger partial charge in [0.2, 0.25) is 0 Å². The predicted octanol–water partition coefficient (Wildman–Crippen LogP) is 4.59. The molecule has 5 atom stereocenters. The van der Waals surface area contributed by atoms with Gasteiger partial charge in [-0.3, -0.25) is 10.1 Å². The molecule has 27 heavy (non-hydrogen) atoms. The highest BCUT2D eigenvalue weighted by Crippen LogP contribution is 2.63. The molecule has 0 saturated heterocycles. The van der Waals surface area contributed by atoms with Gasteiger partial charge >= 0.3 is 5.97 Å². The average molecular weight is 364 g/mol. The zero-order valence-corrected chi connectivity index (χ0v) is 14.7. The Morgan fingerprint density at radius 3 is 2.56 bits per heavy atom. The number of nitrogens with zero attached hydrogens (tertiary/aromatic N) is 1. The van der Waals surface area contributed by atoms with Crippen LogP contribution >= 0.6 is 0 Å². The summed E-state index contributed by atoms with van der Waals surface area (Å²) < 4.78 is 0. The summed E-state index contributed by atoms with van der Waals surface area (Å²) in [6.45, 7) is 0. The molecule has 2 aromatic rings. The summed E-state index contributed by atoms with van der Waals surface area (Å²) in [5, 5.41) is 24.0. The van der Waals surface area contributed by atoms with Crippen molar-refractivity contribution in [3.63, 3.8) is 0 Å². The molecule has 6 nitrogen and oxygen atoms in total. The first-order chi connectivity index (χ1) is 13.0. The summed E-state index contributed by atoms with van der Waals surface area (Å²) >= 11 is 0. The molecule has 2 aromatic carbocycles. The van der Waals surface area contributed by atoms with Crippen LogP contribution in [0.4, 0.5) is 11.4 Å². The largest absolute Gasteiger partial charge is 0.478 e. The Bertz CT molecular complexity index is 940. The number of nitro groups is 1. The molecule has 0 radical (unpaired) electrons. The number of benzene rings is 2. The second-order valence-corrected chi connectivity index (χ2v) is 8.01. The molecule has 0 unspecified atom stereocenters. The molecule has 2 bridgehead atoms. The third-order valence-electron chi connectivity index (χ3n) is 6.80. The van der Waals surface area contributed by atoms with Crippen molar-refractivity contribution in [3.8, 4) is 0 Å². The zero-order chi connectivity index (χ0) is 18.7. The van der Waals surface area contributed by atoms with Crippen LogP contribution in [-0.2, 0) is 0 Å². The first kappa shape index (κ1) is 16.3. The van der Waals surface area contributed by atoms with E-state index in [0.29, 0.717) is 29.2 Å². The fourth-order valence-electron chi connectivity index (χ4n) is 5.75. The molecule has 2 saturated carbocycles. The summed E-state index contributed by atoms with van der Waals surface area (Å²) in [6.07, 6.45) is 3.61. The van der Waals surface area contributed by atoms with E-state index in [1.165, 1.54) is 19.3 Å². The van der Waals surface area contributed by atoms with Crippen LogP contribution < -0.4 is 5.32 Å². The van der Waals surface area contributed by atoms with E-state index in [1.54, 1.807) is 18.2 Å². The van der Waals surface area contributed by atoms with Crippen molar-refractivity contribution < 1.29 is 14.8 Å². The number of non-ortho nitro benzene ring substituents is 1. The molecule has 6 heteroatoms. The average Bonchev–Trinajstić information content (AvgIpc) is 3.29. The lowest BCUT2D eigenvalue weighted by molar-refractivity contribution is -0.384. The molecular weight excluding hydrogens is 344 g/mol. The highest BCUT2D eigenvalue weighted by atomic mass is 16.6. The van der Waals surface area contributed by atoms with Crippen LogP contribution in [0.1, 0.15) is 52.7 Å². The highest BCUT2D eigenvalue weighted by Gasteiger charge is 2.53. The first-order valence-electron chi connectivity index (χ1n) is 9.41. The molecule has 3 aliphatic rings. The Morgan fingerprint density at radius 1 is 1.11 bits per heavy atom. The quantitative estimate of drug-likeness (QED) is 0.614. The van der Waals surface area contributed by atoms with E-state index in [2.05, 4.69) is 5.32 Å². The topological polar surface area (TPSA) is 92.5 Å². The van der Waals surface area contributed by atoms with Gasteiger partial charge in [-0.2, -0.15) is 0 Å². The molecule has 1 aliphatic heterocycles. The number of nitro benzene ring substituents is 1. The van der Waals surface area contributed by atoms with E-state index in [4.69, 9.17) is 0 Å². The Morgan fingerprint density at radius 2 is 1.85 bits per heavy atom. The van der Waals surface area contributed by atoms with Crippen LogP contribution in [0.2, 0.25) is 0 Å². The van der Waals surface area contributed by atoms with Crippen LogP contribution in [0, 0.1) is 27.9 Å². The van der Waals surface area contributed by atoms with E-state index < -0.39 is 5.97 Å². The SMILES string of the molecule is O=C(O)c1ccc2c(c1)[C@@H]1[C@H]3CC[C@@H](C3)[C@H]1[C@@H](c1ccc([N+](=O)[O-])cc1)N2. The van der Waals surface area contributed by atoms with Crippen LogP contribution in [-0.4, -0.2) is 16.0 Å². The lowest BCUT2D eigenvalue weighted by Gasteiger charge is -2.43. The van der Waals surface area contributed by atoms with E-state index in [1.807, 2.05) is 24.3 Å². The number of carboxylic acids is 1. The molecule has 138 valence electrons. The maximum Gasteiger partial charge on any atom is 0.335 e. The van der Waals surface area contributed by atoms with Crippen LogP contribution in [0.3, 0.4) is 0 Å². The van der Waals surface area contributed by atoms with Gasteiger partial charge in [-0.15, -0.1) is 0 Å². The van der Waals surface area contributed by atoms with Crippen molar-refractivity contribution in [1.29, 1.82) is 0 Å². The van der Waals surface area contributed by atoms with E-state index >= 15 is 0 Å². The lowest BCUT2D eigenvalue weighted by atomic mass is 9.68. The molecule has 2 fully saturated rings. The molecular formula is C21H20N2O4. The van der Waals surface area contributed by atoms with Gasteiger partial charge in [-0.1, -0.05) is 12.1 Å². The number of anilines is 1. The number of nitrogens with one attached hydrogen (secondary N) is 1. The third kappa shape index (κ3) is 2.43. The minimum Gasteiger partial charge on any atom is -0.478 e. The number of hydrogen-bond acceptors (Lipinski definition) is 4. The summed E-state index contributed by atoms with van der Waals surface area (Å²) in [5.74, 6) is 1.09. The Labute approximate surface area is 156 Å². The smallest absolute Gasteiger partial charge is 0.335 e. The molecule has 0 amide bonds. The number of rotatable bonds is 3. The van der Waals surface area contributed by atoms with E-state index in [0.717, 1.165) is 16.8 Å². The minimum absolute atomic E-state index is 0.102. The maximum atomic E-state index is 11.4. The van der Waals surface area contributed by atoms with Gasteiger partial charge in [0.25, 0.3) is 5.69 Å². The van der Waals surface area contributed by atoms with Crippen molar-refractivity contribution >= 4 is 17.3 Å². The van der Waals surface area contributed by atoms with Gasteiger partial charge in [-0.25, -0.2) is 4.79 Å². The van der Waals surface area contributed by atoms with Crippen molar-refractivity contribution in [3.05, 3.63) is 69.3 Å². The van der Waals surface area contributed by atoms with Gasteiger partial charge in [0.05, 0.1) is 16.5 Å². The number of carboxylic acid groups (broad SMARTS) is 1. The molecule has 2 aliphatic carbocycles. The molecule has 0 aromatic heterocycles. The van der Waals surface area contributed by atoms with Gasteiger partial charge < -0.3 is 10.4 Å². The van der Waals surface area contributed by atoms with Crippen molar-refractivity contribution in [1.82, 2.24) is 0 Å². The number of hydrogen-bond donors (Lipinski definition) is 2. The normalized spacial score (nSPS) is 30.3. The second kappa shape index (κ2) is 5.81. The van der Waals surface area contributed by atoms with Crippen molar-refractivity contribution in [2.45, 2.75) is 31.2 Å². The van der Waals surface area contributed by atoms with Gasteiger partial charge in [-0.05, 0) is 72.3 Å². The highest BCUT2D eigenvalue weighted by molar-refractivity contribution is 5.88. The van der Waals surface area contributed by atoms with Crippen molar-refractivity contribution in [2.75, 3.05) is 5.32 Å². The summed E-state index contributed by atoms with van der Waals surface area (Å²) in [4.78, 5) is 22.0. The standard InChI is InChI=1S/C21H20N2O4/c24-21(25)14-5-8-17-16(10-14)18-12-1-2-13(9-12)19(18)20(22-17)11-3-6-15(7-4-11)23(26)27/h3-8,10,12-13,18-20,22H,1-2,9H2,(H,24,25)/t12-,13-,18-,19+,20+/m0/s1. The number of carbonyl (C=O) groups is 1. The summed E-state index contributed by atoms with van der Waals surface area (Å²) in [5.41, 5.74) is 3.63. The van der Waals surface area contributed by atoms with Crippen LogP contribution in [0.5, 0.6) is 0 Å². The fourth-order valence-corrected chi connectivity index (χ4v) is 5.75. The Balaban J connectivity index is 1.58. The monoisotopic (exact) mass is 364 g/mol. The Kier molecular flexibility index (Phi) is 3.50. The third-order valence-corrected chi connectivity index (χ3v) is 6.80. The van der Waals surface area contributed by atoms with Crippen LogP contribution in [0.25, 0.3) is 0 Å². The zero-order valence-electron chi connectivity index (χ0n) is 14.7. The molecule has 2 N–H and O–H groups in total. The lowest BCUT2D eigenvalue weighted by Crippen LogP contribution is -2.35. The van der Waals surface area contributed by atoms with E-state index in [9.17, 15) is 20.0 Å². The number of aromatic carboxylic acids is 1. The first-order valence-corrected chi connectivity index (χ1v) is 9.41. The molecule has 0 spiro atoms. The second-order valence-electron chi connectivity index (χ2n) is 8.01. The maximum absolute atomic E-state index is 11.4.